The normalized spacial score (nSPS) is 10.1. The van der Waals surface area contributed by atoms with Gasteiger partial charge in [-0.25, -0.2) is 0 Å². The summed E-state index contributed by atoms with van der Waals surface area (Å²) in [4.78, 5) is 16.6. The molecule has 3 rings (SSSR count). The van der Waals surface area contributed by atoms with Crippen LogP contribution in [0.3, 0.4) is 0 Å². The highest BCUT2D eigenvalue weighted by Gasteiger charge is 2.16. The second-order valence-corrected chi connectivity index (χ2v) is 5.47. The number of benzene rings is 2. The summed E-state index contributed by atoms with van der Waals surface area (Å²) in [5.74, 6) is 0.0629. The number of hydrogen-bond acceptors (Lipinski definition) is 3. The van der Waals surface area contributed by atoms with Crippen molar-refractivity contribution in [2.24, 2.45) is 0 Å². The molecule has 0 aliphatic carbocycles. The minimum atomic E-state index is 0.0629. The van der Waals surface area contributed by atoms with Crippen molar-refractivity contribution in [1.82, 2.24) is 4.98 Å². The number of Topliss-reactive ketones (excluding diaryl/α,β-unsaturated/α-hetero) is 1. The molecule has 1 heterocycles. The van der Waals surface area contributed by atoms with Gasteiger partial charge in [0.05, 0.1) is 30.4 Å². The third kappa shape index (κ3) is 3.71. The molecule has 24 heavy (non-hydrogen) atoms. The van der Waals surface area contributed by atoms with Crippen molar-refractivity contribution in [2.75, 3.05) is 0 Å². The molecule has 116 valence electrons. The van der Waals surface area contributed by atoms with Gasteiger partial charge in [0, 0.05) is 5.56 Å². The average Bonchev–Trinajstić information content (AvgIpc) is 2.64. The summed E-state index contributed by atoms with van der Waals surface area (Å²) in [5, 5.41) is 8.87. The van der Waals surface area contributed by atoms with Crippen LogP contribution < -0.4 is 4.57 Å². The van der Waals surface area contributed by atoms with Gasteiger partial charge in [0.1, 0.15) is 0 Å². The van der Waals surface area contributed by atoms with Crippen molar-refractivity contribution < 1.29 is 9.36 Å². The predicted octanol–water partition coefficient (Wildman–Crippen LogP) is 2.71. The third-order valence-corrected chi connectivity index (χ3v) is 3.80. The quantitative estimate of drug-likeness (QED) is 0.537. The lowest BCUT2D eigenvalue weighted by Crippen LogP contribution is -2.42. The Bertz CT molecular complexity index is 881. The lowest BCUT2D eigenvalue weighted by Gasteiger charge is -2.04. The molecule has 0 fully saturated rings. The molecule has 4 nitrogen and oxygen atoms in total. The summed E-state index contributed by atoms with van der Waals surface area (Å²) in [6, 6.07) is 18.8. The van der Waals surface area contributed by atoms with Gasteiger partial charge in [0.2, 0.25) is 18.0 Å². The van der Waals surface area contributed by atoms with Crippen LogP contribution in [0, 0.1) is 11.3 Å². The van der Waals surface area contributed by atoms with Crippen LogP contribution in [-0.4, -0.2) is 10.8 Å². The van der Waals surface area contributed by atoms with E-state index in [0.29, 0.717) is 17.5 Å². The molecule has 0 N–H and O–H groups in total. The fraction of sp³-hybridized carbons (Fsp3) is 0.100. The van der Waals surface area contributed by atoms with E-state index in [1.54, 1.807) is 24.5 Å². The Kier molecular flexibility index (Phi) is 4.73. The minimum Gasteiger partial charge on any atom is -0.287 e. The molecular formula is C20H16N3O+. The summed E-state index contributed by atoms with van der Waals surface area (Å²) < 4.78 is 1.92. The molecule has 0 bridgehead atoms. The first-order chi connectivity index (χ1) is 11.8. The first-order valence-electron chi connectivity index (χ1n) is 7.66. The molecule has 0 radical (unpaired) electrons. The summed E-state index contributed by atoms with van der Waals surface area (Å²) in [5.41, 5.74) is 3.36. The van der Waals surface area contributed by atoms with Gasteiger partial charge < -0.3 is 0 Å². The highest BCUT2D eigenvalue weighted by molar-refractivity contribution is 5.94. The van der Waals surface area contributed by atoms with Crippen LogP contribution >= 0.6 is 0 Å². The molecule has 0 aliphatic rings. The van der Waals surface area contributed by atoms with Gasteiger partial charge in [-0.2, -0.15) is 9.83 Å². The van der Waals surface area contributed by atoms with E-state index < -0.39 is 0 Å². The number of nitrogens with zero attached hydrogens (tertiary/aromatic N) is 3. The number of carbonyl (C=O) groups is 1. The van der Waals surface area contributed by atoms with Crippen molar-refractivity contribution in [3.05, 3.63) is 95.6 Å². The zero-order chi connectivity index (χ0) is 16.8. The van der Waals surface area contributed by atoms with Gasteiger partial charge in [0.25, 0.3) is 0 Å². The van der Waals surface area contributed by atoms with E-state index in [0.717, 1.165) is 11.3 Å². The molecule has 4 heteroatoms. The second kappa shape index (κ2) is 7.30. The van der Waals surface area contributed by atoms with Crippen LogP contribution in [0.2, 0.25) is 0 Å². The fourth-order valence-corrected chi connectivity index (χ4v) is 2.50. The number of ketones is 1. The Balaban J connectivity index is 1.80. The molecule has 0 unspecified atom stereocenters. The van der Waals surface area contributed by atoms with Crippen LogP contribution in [0.25, 0.3) is 0 Å². The topological polar surface area (TPSA) is 57.6 Å². The van der Waals surface area contributed by atoms with Crippen LogP contribution in [0.1, 0.15) is 27.2 Å². The lowest BCUT2D eigenvalue weighted by atomic mass is 10.1. The van der Waals surface area contributed by atoms with Gasteiger partial charge in [-0.3, -0.25) is 9.78 Å². The first kappa shape index (κ1) is 15.6. The smallest absolute Gasteiger partial charge is 0.227 e. The van der Waals surface area contributed by atoms with Crippen molar-refractivity contribution in [1.29, 1.82) is 5.26 Å². The standard InChI is InChI=1S/C20H16N3O/c21-13-17-8-6-16(7-9-17)12-19-14-22-10-11-23(19)15-20(24)18-4-2-1-3-5-18/h1-11,14H,12,15H2/q+1. The minimum absolute atomic E-state index is 0.0629. The Morgan fingerprint density at radius 1 is 1.08 bits per heavy atom. The Labute approximate surface area is 140 Å². The van der Waals surface area contributed by atoms with E-state index in [4.69, 9.17) is 5.26 Å². The number of carbonyl (C=O) groups excluding carboxylic acids is 1. The van der Waals surface area contributed by atoms with Crippen molar-refractivity contribution >= 4 is 5.78 Å². The average molecular weight is 314 g/mol. The first-order valence-corrected chi connectivity index (χ1v) is 7.66. The molecule has 0 atom stereocenters. The fourth-order valence-electron chi connectivity index (χ4n) is 2.50. The Morgan fingerprint density at radius 2 is 1.83 bits per heavy atom. The highest BCUT2D eigenvalue weighted by Crippen LogP contribution is 2.08. The molecule has 1 aromatic heterocycles. The van der Waals surface area contributed by atoms with Crippen molar-refractivity contribution in [3.8, 4) is 6.07 Å². The van der Waals surface area contributed by atoms with E-state index in [2.05, 4.69) is 11.1 Å². The molecule has 0 amide bonds. The van der Waals surface area contributed by atoms with Gasteiger partial charge in [-0.05, 0) is 17.7 Å². The number of aromatic nitrogens is 2. The van der Waals surface area contributed by atoms with E-state index in [-0.39, 0.29) is 12.3 Å². The Hall–Kier alpha value is -3.32. The summed E-state index contributed by atoms with van der Waals surface area (Å²) in [6.07, 6.45) is 5.93. The summed E-state index contributed by atoms with van der Waals surface area (Å²) in [7, 11) is 0. The molecule has 3 aromatic rings. The van der Waals surface area contributed by atoms with Crippen LogP contribution in [0.5, 0.6) is 0 Å². The van der Waals surface area contributed by atoms with Crippen molar-refractivity contribution in [3.63, 3.8) is 0 Å². The van der Waals surface area contributed by atoms with Gasteiger partial charge in [-0.15, -0.1) is 0 Å². The maximum Gasteiger partial charge on any atom is 0.227 e. The maximum absolute atomic E-state index is 12.4. The second-order valence-electron chi connectivity index (χ2n) is 5.47. The largest absolute Gasteiger partial charge is 0.287 e. The highest BCUT2D eigenvalue weighted by atomic mass is 16.1. The van der Waals surface area contributed by atoms with Gasteiger partial charge in [-0.1, -0.05) is 42.5 Å². The van der Waals surface area contributed by atoms with E-state index in [1.165, 1.54) is 0 Å². The summed E-state index contributed by atoms with van der Waals surface area (Å²) >= 11 is 0. The monoisotopic (exact) mass is 314 g/mol. The van der Waals surface area contributed by atoms with E-state index in [9.17, 15) is 4.79 Å². The molecule has 0 saturated heterocycles. The van der Waals surface area contributed by atoms with Crippen LogP contribution in [0.4, 0.5) is 0 Å². The zero-order valence-electron chi connectivity index (χ0n) is 13.1. The number of rotatable bonds is 5. The molecule has 0 aliphatic heterocycles. The molecule has 0 saturated carbocycles. The van der Waals surface area contributed by atoms with Gasteiger partial charge >= 0.3 is 0 Å². The van der Waals surface area contributed by atoms with E-state index >= 15 is 0 Å². The molecule has 2 aromatic carbocycles. The maximum atomic E-state index is 12.4. The van der Waals surface area contributed by atoms with Gasteiger partial charge in [0.15, 0.2) is 6.20 Å². The summed E-state index contributed by atoms with van der Waals surface area (Å²) in [6.45, 7) is 0.276. The van der Waals surface area contributed by atoms with Crippen molar-refractivity contribution in [2.45, 2.75) is 13.0 Å². The zero-order valence-corrected chi connectivity index (χ0v) is 13.1. The molecular weight excluding hydrogens is 298 g/mol. The van der Waals surface area contributed by atoms with Crippen LogP contribution in [-0.2, 0) is 13.0 Å². The molecule has 0 spiro atoms. The number of nitriles is 1. The van der Waals surface area contributed by atoms with Crippen LogP contribution in [0.15, 0.2) is 73.2 Å². The predicted molar refractivity (Wildman–Crippen MR) is 89.2 cm³/mol. The SMILES string of the molecule is N#Cc1ccc(Cc2cncc[n+]2CC(=O)c2ccccc2)cc1. The van der Waals surface area contributed by atoms with E-state index in [1.807, 2.05) is 53.2 Å². The number of hydrogen-bond donors (Lipinski definition) is 0. The third-order valence-electron chi connectivity index (χ3n) is 3.80. The Morgan fingerprint density at radius 3 is 2.54 bits per heavy atom. The lowest BCUT2D eigenvalue weighted by molar-refractivity contribution is -0.690.